The summed E-state index contributed by atoms with van der Waals surface area (Å²) in [6.07, 6.45) is 0. The van der Waals surface area contributed by atoms with E-state index in [2.05, 4.69) is 25.7 Å². The summed E-state index contributed by atoms with van der Waals surface area (Å²) in [4.78, 5) is 12.9. The maximum absolute atomic E-state index is 13.1. The van der Waals surface area contributed by atoms with Gasteiger partial charge in [-0.2, -0.15) is 0 Å². The fraction of sp³-hybridized carbons (Fsp3) is 0.227. The number of benzene rings is 2. The molecule has 1 unspecified atom stereocenters. The van der Waals surface area contributed by atoms with Crippen molar-refractivity contribution in [3.8, 4) is 5.69 Å². The van der Waals surface area contributed by atoms with E-state index in [9.17, 15) is 13.2 Å². The fourth-order valence-electron chi connectivity index (χ4n) is 3.07. The average molecular weight is 515 g/mol. The maximum atomic E-state index is 13.1. The minimum absolute atomic E-state index is 0.218. The number of nitrogens with zero attached hydrogens (tertiary/aromatic N) is 5. The Kier molecular flexibility index (Phi) is 7.10. The minimum Gasteiger partial charge on any atom is -0.300 e. The molecular formula is C22H22N6O3S3. The van der Waals surface area contributed by atoms with E-state index in [1.165, 1.54) is 23.1 Å². The summed E-state index contributed by atoms with van der Waals surface area (Å²) in [6.45, 7) is 5.44. The lowest BCUT2D eigenvalue weighted by atomic mass is 10.2. The Hall–Kier alpha value is -3.09. The van der Waals surface area contributed by atoms with Crippen molar-refractivity contribution in [2.24, 2.45) is 0 Å². The molecule has 0 saturated heterocycles. The standard InChI is InChI=1S/C22H22N6O3S3/c1-14-9-11-18(12-10-14)34(30,31)13-19-25-27-22(28(19)17-7-5-4-6-8-17)32-15(2)20(29)23-21-26-24-16(3)33-21/h4-12,15H,13H2,1-3H3,(H,23,26,29). The number of sulfone groups is 1. The number of carbonyl (C=O) groups excluding carboxylic acids is 1. The topological polar surface area (TPSA) is 120 Å². The van der Waals surface area contributed by atoms with Gasteiger partial charge in [0.15, 0.2) is 20.8 Å². The SMILES string of the molecule is Cc1ccc(S(=O)(=O)Cc2nnc(SC(C)C(=O)Nc3nnc(C)s3)n2-c2ccccc2)cc1. The summed E-state index contributed by atoms with van der Waals surface area (Å²) in [5.41, 5.74) is 1.68. The largest absolute Gasteiger partial charge is 0.300 e. The molecular weight excluding hydrogens is 492 g/mol. The Morgan fingerprint density at radius 1 is 1.03 bits per heavy atom. The van der Waals surface area contributed by atoms with Crippen LogP contribution in [0.5, 0.6) is 0 Å². The highest BCUT2D eigenvalue weighted by molar-refractivity contribution is 8.00. The van der Waals surface area contributed by atoms with E-state index in [-0.39, 0.29) is 22.4 Å². The van der Waals surface area contributed by atoms with Crippen LogP contribution in [-0.4, -0.2) is 44.5 Å². The van der Waals surface area contributed by atoms with E-state index >= 15 is 0 Å². The molecule has 34 heavy (non-hydrogen) atoms. The molecule has 0 aliphatic heterocycles. The number of hydrogen-bond acceptors (Lipinski definition) is 9. The highest BCUT2D eigenvalue weighted by Crippen LogP contribution is 2.28. The number of aryl methyl sites for hydroxylation is 2. The summed E-state index contributed by atoms with van der Waals surface area (Å²) >= 11 is 2.47. The highest BCUT2D eigenvalue weighted by Gasteiger charge is 2.25. The molecule has 0 aliphatic carbocycles. The summed E-state index contributed by atoms with van der Waals surface area (Å²) in [5, 5.41) is 20.0. The Balaban J connectivity index is 1.62. The minimum atomic E-state index is -3.66. The van der Waals surface area contributed by atoms with Crippen molar-refractivity contribution >= 4 is 44.0 Å². The Morgan fingerprint density at radius 3 is 2.38 bits per heavy atom. The van der Waals surface area contributed by atoms with Crippen LogP contribution in [-0.2, 0) is 20.4 Å². The van der Waals surface area contributed by atoms with Crippen molar-refractivity contribution in [2.75, 3.05) is 5.32 Å². The smallest absolute Gasteiger partial charge is 0.239 e. The van der Waals surface area contributed by atoms with Crippen molar-refractivity contribution in [1.82, 2.24) is 25.0 Å². The van der Waals surface area contributed by atoms with Crippen molar-refractivity contribution < 1.29 is 13.2 Å². The molecule has 4 aromatic rings. The predicted molar refractivity (Wildman–Crippen MR) is 132 cm³/mol. The third kappa shape index (κ3) is 5.51. The molecule has 9 nitrogen and oxygen atoms in total. The Morgan fingerprint density at radius 2 is 1.74 bits per heavy atom. The maximum Gasteiger partial charge on any atom is 0.239 e. The van der Waals surface area contributed by atoms with Crippen LogP contribution in [0.15, 0.2) is 64.6 Å². The Bertz CT molecular complexity index is 1400. The summed E-state index contributed by atoms with van der Waals surface area (Å²) in [6, 6.07) is 15.9. The van der Waals surface area contributed by atoms with Gasteiger partial charge in [0.1, 0.15) is 10.8 Å². The third-order valence-corrected chi connectivity index (χ3v) is 8.25. The van der Waals surface area contributed by atoms with E-state index in [0.29, 0.717) is 16.0 Å². The summed E-state index contributed by atoms with van der Waals surface area (Å²) < 4.78 is 27.8. The quantitative estimate of drug-likeness (QED) is 0.352. The molecule has 0 bridgehead atoms. The third-order valence-electron chi connectivity index (χ3n) is 4.82. The molecule has 2 aromatic carbocycles. The van der Waals surface area contributed by atoms with Crippen molar-refractivity contribution in [3.63, 3.8) is 0 Å². The lowest BCUT2D eigenvalue weighted by Gasteiger charge is -2.13. The second-order valence-electron chi connectivity index (χ2n) is 7.52. The number of aromatic nitrogens is 5. The molecule has 1 amide bonds. The van der Waals surface area contributed by atoms with Gasteiger partial charge in [0, 0.05) is 5.69 Å². The van der Waals surface area contributed by atoms with Crippen LogP contribution < -0.4 is 5.32 Å². The second-order valence-corrected chi connectivity index (χ2v) is 12.0. The zero-order valence-electron chi connectivity index (χ0n) is 18.7. The van der Waals surface area contributed by atoms with E-state index in [1.54, 1.807) is 42.7 Å². The molecule has 2 heterocycles. The molecule has 0 spiro atoms. The predicted octanol–water partition coefficient (Wildman–Crippen LogP) is 3.83. The first kappa shape index (κ1) is 24.0. The van der Waals surface area contributed by atoms with E-state index in [4.69, 9.17) is 0 Å². The van der Waals surface area contributed by atoms with Crippen LogP contribution in [0.1, 0.15) is 23.3 Å². The molecule has 4 rings (SSSR count). The summed E-state index contributed by atoms with van der Waals surface area (Å²) in [5.74, 6) is -0.331. The number of thioether (sulfide) groups is 1. The van der Waals surface area contributed by atoms with Gasteiger partial charge in [-0.3, -0.25) is 14.7 Å². The van der Waals surface area contributed by atoms with E-state index in [1.807, 2.05) is 37.3 Å². The van der Waals surface area contributed by atoms with Crippen LogP contribution in [0.4, 0.5) is 5.13 Å². The molecule has 2 aromatic heterocycles. The molecule has 12 heteroatoms. The van der Waals surface area contributed by atoms with Gasteiger partial charge in [-0.05, 0) is 45.0 Å². The van der Waals surface area contributed by atoms with Gasteiger partial charge >= 0.3 is 0 Å². The fourth-order valence-corrected chi connectivity index (χ4v) is 5.80. The molecule has 0 radical (unpaired) electrons. The zero-order chi connectivity index (χ0) is 24.3. The van der Waals surface area contributed by atoms with E-state index in [0.717, 1.165) is 10.6 Å². The van der Waals surface area contributed by atoms with Gasteiger partial charge in [0.2, 0.25) is 11.0 Å². The van der Waals surface area contributed by atoms with Crippen molar-refractivity contribution in [1.29, 1.82) is 0 Å². The molecule has 0 aliphatic rings. The number of carbonyl (C=O) groups is 1. The second kappa shape index (κ2) is 10.0. The number of para-hydroxylation sites is 1. The first-order valence-electron chi connectivity index (χ1n) is 10.3. The number of amides is 1. The van der Waals surface area contributed by atoms with Crippen LogP contribution in [0.3, 0.4) is 0 Å². The monoisotopic (exact) mass is 514 g/mol. The van der Waals surface area contributed by atoms with E-state index < -0.39 is 15.1 Å². The van der Waals surface area contributed by atoms with Gasteiger partial charge in [0.25, 0.3) is 0 Å². The number of anilines is 1. The van der Waals surface area contributed by atoms with Crippen LogP contribution in [0, 0.1) is 13.8 Å². The van der Waals surface area contributed by atoms with Gasteiger partial charge in [-0.25, -0.2) is 8.42 Å². The summed E-state index contributed by atoms with van der Waals surface area (Å²) in [7, 11) is -3.66. The van der Waals surface area contributed by atoms with Gasteiger partial charge in [-0.1, -0.05) is 59.0 Å². The molecule has 1 N–H and O–H groups in total. The zero-order valence-corrected chi connectivity index (χ0v) is 21.1. The molecule has 176 valence electrons. The lowest BCUT2D eigenvalue weighted by Crippen LogP contribution is -2.23. The van der Waals surface area contributed by atoms with Gasteiger partial charge in [-0.15, -0.1) is 20.4 Å². The van der Waals surface area contributed by atoms with Gasteiger partial charge < -0.3 is 0 Å². The Labute approximate surface area is 205 Å². The normalized spacial score (nSPS) is 12.4. The number of nitrogens with one attached hydrogen (secondary N) is 1. The molecule has 0 fully saturated rings. The first-order valence-corrected chi connectivity index (χ1v) is 13.6. The van der Waals surface area contributed by atoms with Gasteiger partial charge in [0.05, 0.1) is 10.1 Å². The van der Waals surface area contributed by atoms with Crippen molar-refractivity contribution in [2.45, 2.75) is 41.8 Å². The molecule has 0 saturated carbocycles. The average Bonchev–Trinajstić information content (AvgIpc) is 3.39. The van der Waals surface area contributed by atoms with Crippen LogP contribution in [0.2, 0.25) is 0 Å². The van der Waals surface area contributed by atoms with Crippen molar-refractivity contribution in [3.05, 3.63) is 71.0 Å². The van der Waals surface area contributed by atoms with Crippen LogP contribution in [0.25, 0.3) is 5.69 Å². The first-order chi connectivity index (χ1) is 16.2. The lowest BCUT2D eigenvalue weighted by molar-refractivity contribution is -0.115. The van der Waals surface area contributed by atoms with Crippen LogP contribution >= 0.6 is 23.1 Å². The number of hydrogen-bond donors (Lipinski definition) is 1. The number of rotatable bonds is 8. The highest BCUT2D eigenvalue weighted by atomic mass is 32.2. The molecule has 1 atom stereocenters.